The van der Waals surface area contributed by atoms with Crippen LogP contribution in [0.25, 0.3) is 0 Å². The molecule has 0 spiro atoms. The number of carbonyl (C=O) groups excluding carboxylic acids is 1. The molecule has 0 radical (unpaired) electrons. The van der Waals surface area contributed by atoms with Crippen molar-refractivity contribution >= 4 is 15.9 Å². The van der Waals surface area contributed by atoms with Gasteiger partial charge in [-0.25, -0.2) is 13.1 Å². The Morgan fingerprint density at radius 2 is 1.97 bits per heavy atom. The third kappa shape index (κ3) is 5.89. The third-order valence-corrected chi connectivity index (χ3v) is 6.68. The SMILES string of the molecule is COCCNS(=O)(=O)c1ccc(C)c(C(=O)NC2CCN(Cc3ccccc3)C2)c1. The van der Waals surface area contributed by atoms with E-state index in [-0.39, 0.29) is 30.0 Å². The maximum atomic E-state index is 12.9. The van der Waals surface area contributed by atoms with Crippen molar-refractivity contribution < 1.29 is 17.9 Å². The number of carbonyl (C=O) groups is 1. The standard InChI is InChI=1S/C22H29N3O4S/c1-17-8-9-20(30(27,28)23-11-13-29-2)14-21(17)22(26)24-19-10-12-25(16-19)15-18-6-4-3-5-7-18/h3-9,14,19,23H,10-13,15-16H2,1-2H3,(H,24,26). The Bertz CT molecular complexity index is 964. The number of hydrogen-bond acceptors (Lipinski definition) is 5. The van der Waals surface area contributed by atoms with E-state index in [1.807, 2.05) is 18.2 Å². The molecule has 1 unspecified atom stereocenters. The van der Waals surface area contributed by atoms with Crippen LogP contribution in [0.1, 0.15) is 27.9 Å². The highest BCUT2D eigenvalue weighted by atomic mass is 32.2. The molecule has 2 aromatic rings. The molecule has 0 saturated carbocycles. The van der Waals surface area contributed by atoms with Crippen LogP contribution in [0.3, 0.4) is 0 Å². The summed E-state index contributed by atoms with van der Waals surface area (Å²) in [5.41, 5.74) is 2.37. The number of benzene rings is 2. The second-order valence-electron chi connectivity index (χ2n) is 7.55. The minimum atomic E-state index is -3.69. The Labute approximate surface area is 178 Å². The fraction of sp³-hybridized carbons (Fsp3) is 0.409. The second-order valence-corrected chi connectivity index (χ2v) is 9.31. The zero-order chi connectivity index (χ0) is 21.6. The monoisotopic (exact) mass is 431 g/mol. The molecule has 1 aliphatic heterocycles. The van der Waals surface area contributed by atoms with E-state index in [4.69, 9.17) is 4.74 Å². The Kier molecular flexibility index (Phi) is 7.60. The van der Waals surface area contributed by atoms with Crippen LogP contribution in [0.15, 0.2) is 53.4 Å². The van der Waals surface area contributed by atoms with Gasteiger partial charge in [0.1, 0.15) is 0 Å². The summed E-state index contributed by atoms with van der Waals surface area (Å²) in [4.78, 5) is 15.2. The molecule has 162 valence electrons. The van der Waals surface area contributed by atoms with E-state index >= 15 is 0 Å². The number of aryl methyl sites for hydroxylation is 1. The lowest BCUT2D eigenvalue weighted by molar-refractivity contribution is 0.0937. The van der Waals surface area contributed by atoms with E-state index in [1.165, 1.54) is 24.8 Å². The first-order valence-corrected chi connectivity index (χ1v) is 11.5. The molecule has 0 aliphatic carbocycles. The average Bonchev–Trinajstić information content (AvgIpc) is 3.15. The molecular weight excluding hydrogens is 402 g/mol. The average molecular weight is 432 g/mol. The Balaban J connectivity index is 1.62. The first kappa shape index (κ1) is 22.4. The summed E-state index contributed by atoms with van der Waals surface area (Å²) in [7, 11) is -2.19. The predicted molar refractivity (Wildman–Crippen MR) is 116 cm³/mol. The molecule has 7 nitrogen and oxygen atoms in total. The maximum Gasteiger partial charge on any atom is 0.251 e. The van der Waals surface area contributed by atoms with Crippen molar-refractivity contribution in [1.29, 1.82) is 0 Å². The summed E-state index contributed by atoms with van der Waals surface area (Å²) in [6.45, 7) is 4.80. The lowest BCUT2D eigenvalue weighted by Crippen LogP contribution is -2.37. The number of methoxy groups -OCH3 is 1. The quantitative estimate of drug-likeness (QED) is 0.593. The van der Waals surface area contributed by atoms with E-state index in [2.05, 4.69) is 27.1 Å². The van der Waals surface area contributed by atoms with Crippen LogP contribution in [-0.2, 0) is 21.3 Å². The van der Waals surface area contributed by atoms with Crippen LogP contribution in [0.5, 0.6) is 0 Å². The first-order valence-electron chi connectivity index (χ1n) is 10.1. The van der Waals surface area contributed by atoms with Gasteiger partial charge in [0.05, 0.1) is 11.5 Å². The minimum absolute atomic E-state index is 0.0423. The zero-order valence-corrected chi connectivity index (χ0v) is 18.2. The van der Waals surface area contributed by atoms with Crippen LogP contribution < -0.4 is 10.0 Å². The summed E-state index contributed by atoms with van der Waals surface area (Å²) in [5.74, 6) is -0.243. The molecule has 0 aromatic heterocycles. The summed E-state index contributed by atoms with van der Waals surface area (Å²) in [6.07, 6.45) is 0.869. The van der Waals surface area contributed by atoms with Crippen molar-refractivity contribution in [1.82, 2.24) is 14.9 Å². The number of rotatable bonds is 9. The summed E-state index contributed by atoms with van der Waals surface area (Å²) >= 11 is 0. The van der Waals surface area contributed by atoms with Gasteiger partial charge in [-0.3, -0.25) is 9.69 Å². The second kappa shape index (κ2) is 10.2. The van der Waals surface area contributed by atoms with Gasteiger partial charge in [-0.1, -0.05) is 36.4 Å². The molecule has 1 amide bonds. The van der Waals surface area contributed by atoms with Gasteiger partial charge in [0.2, 0.25) is 10.0 Å². The Morgan fingerprint density at radius 1 is 1.20 bits per heavy atom. The van der Waals surface area contributed by atoms with Gasteiger partial charge in [0.25, 0.3) is 5.91 Å². The normalized spacial score (nSPS) is 17.2. The Hall–Kier alpha value is -2.26. The van der Waals surface area contributed by atoms with Crippen LogP contribution >= 0.6 is 0 Å². The molecule has 2 N–H and O–H groups in total. The molecule has 1 heterocycles. The molecular formula is C22H29N3O4S. The third-order valence-electron chi connectivity index (χ3n) is 5.22. The molecule has 2 aromatic carbocycles. The van der Waals surface area contributed by atoms with Crippen molar-refractivity contribution in [2.75, 3.05) is 33.4 Å². The largest absolute Gasteiger partial charge is 0.383 e. The number of ether oxygens (including phenoxy) is 1. The van der Waals surface area contributed by atoms with Crippen molar-refractivity contribution in [3.8, 4) is 0 Å². The van der Waals surface area contributed by atoms with Gasteiger partial charge in [0, 0.05) is 44.9 Å². The molecule has 1 aliphatic rings. The van der Waals surface area contributed by atoms with Gasteiger partial charge in [-0.15, -0.1) is 0 Å². The fourth-order valence-electron chi connectivity index (χ4n) is 3.57. The van der Waals surface area contributed by atoms with Crippen LogP contribution in [0, 0.1) is 6.92 Å². The van der Waals surface area contributed by atoms with E-state index in [9.17, 15) is 13.2 Å². The van der Waals surface area contributed by atoms with Crippen LogP contribution in [-0.4, -0.2) is 58.6 Å². The van der Waals surface area contributed by atoms with Crippen LogP contribution in [0.4, 0.5) is 0 Å². The Morgan fingerprint density at radius 3 is 2.70 bits per heavy atom. The van der Waals surface area contributed by atoms with Gasteiger partial charge < -0.3 is 10.1 Å². The predicted octanol–water partition coefficient (Wildman–Crippen LogP) is 1.92. The number of hydrogen-bond donors (Lipinski definition) is 2. The number of sulfonamides is 1. The molecule has 3 rings (SSSR count). The van der Waals surface area contributed by atoms with Crippen LogP contribution in [0.2, 0.25) is 0 Å². The highest BCUT2D eigenvalue weighted by Crippen LogP contribution is 2.18. The summed E-state index contributed by atoms with van der Waals surface area (Å²) < 4.78 is 32.3. The van der Waals surface area contributed by atoms with Gasteiger partial charge in [-0.05, 0) is 36.6 Å². The fourth-order valence-corrected chi connectivity index (χ4v) is 4.61. The molecule has 30 heavy (non-hydrogen) atoms. The topological polar surface area (TPSA) is 87.7 Å². The van der Waals surface area contributed by atoms with Crippen molar-refractivity contribution in [2.45, 2.75) is 30.8 Å². The van der Waals surface area contributed by atoms with Crippen molar-refractivity contribution in [3.05, 3.63) is 65.2 Å². The van der Waals surface area contributed by atoms with E-state index in [0.717, 1.165) is 31.6 Å². The highest BCUT2D eigenvalue weighted by molar-refractivity contribution is 7.89. The minimum Gasteiger partial charge on any atom is -0.383 e. The van der Waals surface area contributed by atoms with E-state index in [0.29, 0.717) is 5.56 Å². The van der Waals surface area contributed by atoms with Crippen molar-refractivity contribution in [3.63, 3.8) is 0 Å². The van der Waals surface area contributed by atoms with E-state index in [1.54, 1.807) is 13.0 Å². The zero-order valence-electron chi connectivity index (χ0n) is 17.4. The highest BCUT2D eigenvalue weighted by Gasteiger charge is 2.25. The smallest absolute Gasteiger partial charge is 0.251 e. The maximum absolute atomic E-state index is 12.9. The number of likely N-dealkylation sites (tertiary alicyclic amines) is 1. The van der Waals surface area contributed by atoms with Gasteiger partial charge >= 0.3 is 0 Å². The number of amides is 1. The van der Waals surface area contributed by atoms with Gasteiger partial charge in [-0.2, -0.15) is 0 Å². The summed E-state index contributed by atoms with van der Waals surface area (Å²) in [5, 5.41) is 3.07. The lowest BCUT2D eigenvalue weighted by Gasteiger charge is -2.17. The molecule has 1 fully saturated rings. The van der Waals surface area contributed by atoms with Gasteiger partial charge in [0.15, 0.2) is 0 Å². The summed E-state index contributed by atoms with van der Waals surface area (Å²) in [6, 6.07) is 14.9. The lowest BCUT2D eigenvalue weighted by atomic mass is 10.1. The van der Waals surface area contributed by atoms with Crippen molar-refractivity contribution in [2.24, 2.45) is 0 Å². The molecule has 0 bridgehead atoms. The molecule has 8 heteroatoms. The number of nitrogens with one attached hydrogen (secondary N) is 2. The molecule has 1 atom stereocenters. The van der Waals surface area contributed by atoms with E-state index < -0.39 is 10.0 Å². The molecule has 1 saturated heterocycles. The number of nitrogens with zero attached hydrogens (tertiary/aromatic N) is 1. The first-order chi connectivity index (χ1) is 14.4.